The molecule has 0 saturated carbocycles. The Morgan fingerprint density at radius 1 is 0.538 bits per heavy atom. The van der Waals surface area contributed by atoms with Gasteiger partial charge in [0.15, 0.2) is 0 Å². The van der Waals surface area contributed by atoms with Crippen LogP contribution < -0.4 is 45.1 Å². The van der Waals surface area contributed by atoms with Crippen LogP contribution >= 0.6 is 0 Å². The number of nitrogens with one attached hydrogen (secondary N) is 4. The molecule has 0 atom stereocenters. The minimum absolute atomic E-state index is 0.168. The summed E-state index contributed by atoms with van der Waals surface area (Å²) in [6, 6.07) is 6.05. The van der Waals surface area contributed by atoms with Crippen molar-refractivity contribution in [1.82, 2.24) is 21.7 Å². The summed E-state index contributed by atoms with van der Waals surface area (Å²) in [7, 11) is 0. The fourth-order valence-electron chi connectivity index (χ4n) is 2.65. The number of carbonyl (C=O) groups is 4. The minimum Gasteiger partial charge on any atom is -0.290 e. The molecule has 0 radical (unpaired) electrons. The molecule has 0 aliphatic rings. The zero-order valence-corrected chi connectivity index (χ0v) is 13.3. The van der Waals surface area contributed by atoms with E-state index in [0.29, 0.717) is 0 Å². The Labute approximate surface area is 146 Å². The molecule has 26 heavy (non-hydrogen) atoms. The minimum atomic E-state index is -1.01. The van der Waals surface area contributed by atoms with Gasteiger partial charge in [0.2, 0.25) is 0 Å². The molecule has 12 heteroatoms. The van der Waals surface area contributed by atoms with Crippen molar-refractivity contribution < 1.29 is 19.2 Å². The molecule has 12 N–H and O–H groups in total. The molecule has 0 aromatic heterocycles. The number of hydrogen-bond acceptors (Lipinski definition) is 8. The third kappa shape index (κ3) is 2.91. The van der Waals surface area contributed by atoms with Crippen LogP contribution in [0.1, 0.15) is 41.4 Å². The van der Waals surface area contributed by atoms with Crippen molar-refractivity contribution in [3.05, 3.63) is 46.5 Å². The Morgan fingerprint density at radius 2 is 0.808 bits per heavy atom. The third-order valence-corrected chi connectivity index (χ3v) is 3.65. The summed E-state index contributed by atoms with van der Waals surface area (Å²) >= 11 is 0. The molecule has 0 aliphatic carbocycles. The summed E-state index contributed by atoms with van der Waals surface area (Å²) in [5, 5.41) is 0.336. The van der Waals surface area contributed by atoms with E-state index in [2.05, 4.69) is 0 Å². The van der Waals surface area contributed by atoms with Crippen molar-refractivity contribution in [2.24, 2.45) is 23.4 Å². The molecule has 0 spiro atoms. The van der Waals surface area contributed by atoms with E-state index in [1.54, 1.807) is 12.1 Å². The molecule has 0 unspecified atom stereocenters. The average molecular weight is 360 g/mol. The highest BCUT2D eigenvalue weighted by Crippen LogP contribution is 2.31. The first-order chi connectivity index (χ1) is 12.4. The van der Waals surface area contributed by atoms with Gasteiger partial charge in [-0.25, -0.2) is 23.4 Å². The highest BCUT2D eigenvalue weighted by atomic mass is 16.2. The fourth-order valence-corrected chi connectivity index (χ4v) is 2.65. The number of fused-ring (bicyclic) bond motifs is 1. The Kier molecular flexibility index (Phi) is 5.44. The predicted molar refractivity (Wildman–Crippen MR) is 90.6 cm³/mol. The monoisotopic (exact) mass is 360 g/mol. The van der Waals surface area contributed by atoms with E-state index in [0.717, 1.165) is 0 Å². The quantitative estimate of drug-likeness (QED) is 0.162. The summed E-state index contributed by atoms with van der Waals surface area (Å²) in [6.07, 6.45) is 0. The van der Waals surface area contributed by atoms with E-state index in [1.807, 2.05) is 21.7 Å². The van der Waals surface area contributed by atoms with Gasteiger partial charge < -0.3 is 0 Å². The predicted octanol–water partition coefficient (Wildman–Crippen LogP) is -2.75. The van der Waals surface area contributed by atoms with Crippen LogP contribution in [0.15, 0.2) is 24.3 Å². The molecule has 12 nitrogen and oxygen atoms in total. The molecule has 0 bridgehead atoms. The van der Waals surface area contributed by atoms with Crippen molar-refractivity contribution in [2.75, 3.05) is 0 Å². The number of benzene rings is 2. The van der Waals surface area contributed by atoms with E-state index in [4.69, 9.17) is 23.4 Å². The number of rotatable bonds is 4. The number of carbonyl (C=O) groups excluding carboxylic acids is 4. The van der Waals surface area contributed by atoms with Gasteiger partial charge in [-0.05, 0) is 10.8 Å². The highest BCUT2D eigenvalue weighted by Gasteiger charge is 2.32. The Hall–Kier alpha value is -3.58. The van der Waals surface area contributed by atoms with Crippen molar-refractivity contribution in [1.29, 1.82) is 0 Å². The Bertz CT molecular complexity index is 852. The molecule has 0 aliphatic heterocycles. The van der Waals surface area contributed by atoms with Gasteiger partial charge in [-0.2, -0.15) is 0 Å². The van der Waals surface area contributed by atoms with Gasteiger partial charge in [0.1, 0.15) is 0 Å². The number of hydrazine groups is 4. The van der Waals surface area contributed by atoms with Gasteiger partial charge in [0, 0.05) is 0 Å². The van der Waals surface area contributed by atoms with Gasteiger partial charge in [0.25, 0.3) is 23.6 Å². The topological polar surface area (TPSA) is 220 Å². The summed E-state index contributed by atoms with van der Waals surface area (Å²) in [4.78, 5) is 49.4. The zero-order valence-electron chi connectivity index (χ0n) is 13.3. The molecular formula is C14H16N8O4. The highest BCUT2D eigenvalue weighted by molar-refractivity contribution is 6.26. The average Bonchev–Trinajstić information content (AvgIpc) is 2.69. The van der Waals surface area contributed by atoms with E-state index in [9.17, 15) is 19.2 Å². The van der Waals surface area contributed by atoms with Gasteiger partial charge >= 0.3 is 0 Å². The van der Waals surface area contributed by atoms with Crippen LogP contribution in [0, 0.1) is 0 Å². The summed E-state index contributed by atoms with van der Waals surface area (Å²) < 4.78 is 0. The SMILES string of the molecule is NNC(=O)c1c(C(=O)NN)c(C(=O)NN)c2ccccc2c1C(=O)NN. The third-order valence-electron chi connectivity index (χ3n) is 3.65. The van der Waals surface area contributed by atoms with E-state index in [-0.39, 0.29) is 21.9 Å². The van der Waals surface area contributed by atoms with E-state index >= 15 is 0 Å². The molecule has 0 saturated heterocycles. The molecule has 2 aromatic rings. The number of nitrogen functional groups attached to an aromatic ring is 4. The van der Waals surface area contributed by atoms with Crippen LogP contribution in [0.2, 0.25) is 0 Å². The molecule has 2 rings (SSSR count). The van der Waals surface area contributed by atoms with Crippen LogP contribution in [0.3, 0.4) is 0 Å². The van der Waals surface area contributed by atoms with Gasteiger partial charge in [-0.3, -0.25) is 40.9 Å². The number of hydrogen-bond donors (Lipinski definition) is 8. The lowest BCUT2D eigenvalue weighted by atomic mass is 9.87. The second kappa shape index (κ2) is 7.54. The first-order valence-corrected chi connectivity index (χ1v) is 7.05. The molecule has 0 fully saturated rings. The van der Waals surface area contributed by atoms with E-state index < -0.39 is 34.8 Å². The van der Waals surface area contributed by atoms with Crippen LogP contribution in [0.25, 0.3) is 10.8 Å². The maximum atomic E-state index is 12.4. The Balaban J connectivity index is 3.20. The van der Waals surface area contributed by atoms with Crippen LogP contribution in [0.4, 0.5) is 0 Å². The van der Waals surface area contributed by atoms with E-state index in [1.165, 1.54) is 12.1 Å². The molecule has 136 valence electrons. The summed E-state index contributed by atoms with van der Waals surface area (Å²) in [6.45, 7) is 0. The van der Waals surface area contributed by atoms with Crippen LogP contribution in [-0.2, 0) is 0 Å². The van der Waals surface area contributed by atoms with Gasteiger partial charge in [-0.15, -0.1) is 0 Å². The van der Waals surface area contributed by atoms with Gasteiger partial charge in [-0.1, -0.05) is 24.3 Å². The van der Waals surface area contributed by atoms with Gasteiger partial charge in [0.05, 0.1) is 22.3 Å². The molecular weight excluding hydrogens is 344 g/mol. The van der Waals surface area contributed by atoms with Crippen molar-refractivity contribution in [2.45, 2.75) is 0 Å². The molecule has 4 amide bonds. The molecule has 2 aromatic carbocycles. The fraction of sp³-hybridized carbons (Fsp3) is 0. The van der Waals surface area contributed by atoms with Crippen LogP contribution in [0.5, 0.6) is 0 Å². The lowest BCUT2D eigenvalue weighted by Crippen LogP contribution is -2.41. The standard InChI is InChI=1S/C14H16N8O4/c15-19-11(23)7-5-3-1-2-4-6(5)8(12(24)20-16)10(14(26)22-18)9(7)13(25)21-17/h1-4H,15-18H2,(H,19,23)(H,20,24)(H,21,25)(H,22,26). The lowest BCUT2D eigenvalue weighted by molar-refractivity contribution is 0.0897. The second-order valence-corrected chi connectivity index (χ2v) is 4.94. The maximum absolute atomic E-state index is 12.4. The maximum Gasteiger partial charge on any atom is 0.266 e. The lowest BCUT2D eigenvalue weighted by Gasteiger charge is -2.19. The Morgan fingerprint density at radius 3 is 1.08 bits per heavy atom. The molecule has 0 heterocycles. The van der Waals surface area contributed by atoms with Crippen molar-refractivity contribution in [3.63, 3.8) is 0 Å². The smallest absolute Gasteiger partial charge is 0.266 e. The normalized spacial score (nSPS) is 10.2. The largest absolute Gasteiger partial charge is 0.290 e. The summed E-state index contributed by atoms with van der Waals surface area (Å²) in [5.74, 6) is 17.0. The summed E-state index contributed by atoms with van der Waals surface area (Å²) in [5.41, 5.74) is 5.92. The van der Waals surface area contributed by atoms with Crippen LogP contribution in [-0.4, -0.2) is 23.6 Å². The first-order valence-electron chi connectivity index (χ1n) is 7.05. The zero-order chi connectivity index (χ0) is 19.4. The van der Waals surface area contributed by atoms with Crippen molar-refractivity contribution >= 4 is 34.4 Å². The number of amides is 4. The first kappa shape index (κ1) is 18.8. The second-order valence-electron chi connectivity index (χ2n) is 4.94. The van der Waals surface area contributed by atoms with Crippen molar-refractivity contribution in [3.8, 4) is 0 Å². The number of nitrogens with two attached hydrogens (primary N) is 4.